The van der Waals surface area contributed by atoms with Gasteiger partial charge in [0.05, 0.1) is 17.6 Å². The van der Waals surface area contributed by atoms with Crippen LogP contribution in [0.2, 0.25) is 0 Å². The van der Waals surface area contributed by atoms with E-state index in [1.54, 1.807) is 6.20 Å². The quantitative estimate of drug-likeness (QED) is 0.785. The molecule has 2 heterocycles. The third-order valence-electron chi connectivity index (χ3n) is 3.89. The zero-order valence-corrected chi connectivity index (χ0v) is 12.6. The fourth-order valence-corrected chi connectivity index (χ4v) is 2.69. The average molecular weight is 293 g/mol. The molecule has 2 aromatic heterocycles. The van der Waals surface area contributed by atoms with E-state index in [-0.39, 0.29) is 11.8 Å². The number of rotatable bonds is 5. The van der Waals surface area contributed by atoms with Gasteiger partial charge in [-0.3, -0.25) is 4.79 Å². The third kappa shape index (κ3) is 2.86. The first kappa shape index (κ1) is 14.3. The maximum atomic E-state index is 12.5. The molecule has 0 aliphatic heterocycles. The number of fused-ring (bicyclic) bond motifs is 1. The average Bonchev–Trinajstić information content (AvgIpc) is 2.98. The standard InChI is InChI=1S/C18H19N3O/c1-2-16(14-8-4-3-5-9-14)18(22)19-12-15-13-20-21-11-7-6-10-17(15)21/h3-11,13,16H,2,12H2,1H3,(H,19,22)/t16-/m0/s1. The van der Waals surface area contributed by atoms with Crippen LogP contribution in [0.4, 0.5) is 0 Å². The SMILES string of the molecule is CC[C@H](C(=O)NCc1cnn2ccccc12)c1ccccc1. The van der Waals surface area contributed by atoms with E-state index in [1.165, 1.54) is 0 Å². The summed E-state index contributed by atoms with van der Waals surface area (Å²) in [4.78, 5) is 12.5. The molecule has 0 fully saturated rings. The summed E-state index contributed by atoms with van der Waals surface area (Å²) in [5, 5.41) is 7.32. The maximum Gasteiger partial charge on any atom is 0.227 e. The predicted octanol–water partition coefficient (Wildman–Crippen LogP) is 3.14. The lowest BCUT2D eigenvalue weighted by molar-refractivity contribution is -0.122. The molecule has 0 saturated carbocycles. The lowest BCUT2D eigenvalue weighted by atomic mass is 9.95. The van der Waals surface area contributed by atoms with Crippen molar-refractivity contribution in [2.75, 3.05) is 0 Å². The molecule has 4 heteroatoms. The minimum atomic E-state index is -0.108. The maximum absolute atomic E-state index is 12.5. The molecular formula is C18H19N3O. The molecule has 0 radical (unpaired) electrons. The van der Waals surface area contributed by atoms with Crippen molar-refractivity contribution in [3.05, 3.63) is 72.1 Å². The first-order chi connectivity index (χ1) is 10.8. The normalized spacial score (nSPS) is 12.2. The number of hydrogen-bond donors (Lipinski definition) is 1. The molecule has 0 aliphatic rings. The molecule has 0 spiro atoms. The summed E-state index contributed by atoms with van der Waals surface area (Å²) < 4.78 is 1.82. The Morgan fingerprint density at radius 2 is 1.95 bits per heavy atom. The van der Waals surface area contributed by atoms with Crippen LogP contribution in [0.15, 0.2) is 60.9 Å². The van der Waals surface area contributed by atoms with Gasteiger partial charge in [0.15, 0.2) is 0 Å². The van der Waals surface area contributed by atoms with E-state index in [0.29, 0.717) is 6.54 Å². The monoisotopic (exact) mass is 293 g/mol. The smallest absolute Gasteiger partial charge is 0.227 e. The van der Waals surface area contributed by atoms with E-state index in [4.69, 9.17) is 0 Å². The predicted molar refractivity (Wildman–Crippen MR) is 86.5 cm³/mol. The van der Waals surface area contributed by atoms with E-state index in [0.717, 1.165) is 23.1 Å². The van der Waals surface area contributed by atoms with Crippen molar-refractivity contribution in [3.8, 4) is 0 Å². The minimum absolute atomic E-state index is 0.0592. The van der Waals surface area contributed by atoms with Crippen LogP contribution in [0, 0.1) is 0 Å². The number of amides is 1. The fourth-order valence-electron chi connectivity index (χ4n) is 2.69. The van der Waals surface area contributed by atoms with Gasteiger partial charge < -0.3 is 5.32 Å². The van der Waals surface area contributed by atoms with Crippen LogP contribution in [0.1, 0.15) is 30.4 Å². The van der Waals surface area contributed by atoms with Gasteiger partial charge in [0, 0.05) is 18.3 Å². The molecule has 3 aromatic rings. The molecular weight excluding hydrogens is 274 g/mol. The Hall–Kier alpha value is -2.62. The van der Waals surface area contributed by atoms with E-state index in [9.17, 15) is 4.79 Å². The number of nitrogens with zero attached hydrogens (tertiary/aromatic N) is 2. The van der Waals surface area contributed by atoms with Crippen molar-refractivity contribution < 1.29 is 4.79 Å². The fraction of sp³-hybridized carbons (Fsp3) is 0.222. The molecule has 1 amide bonds. The van der Waals surface area contributed by atoms with Crippen LogP contribution < -0.4 is 5.32 Å². The highest BCUT2D eigenvalue weighted by Crippen LogP contribution is 2.19. The molecule has 1 aromatic carbocycles. The van der Waals surface area contributed by atoms with E-state index < -0.39 is 0 Å². The van der Waals surface area contributed by atoms with Crippen molar-refractivity contribution in [2.24, 2.45) is 0 Å². The van der Waals surface area contributed by atoms with E-state index in [2.05, 4.69) is 10.4 Å². The van der Waals surface area contributed by atoms with Gasteiger partial charge in [-0.2, -0.15) is 5.10 Å². The minimum Gasteiger partial charge on any atom is -0.351 e. The Morgan fingerprint density at radius 3 is 2.73 bits per heavy atom. The van der Waals surface area contributed by atoms with Gasteiger partial charge in [-0.15, -0.1) is 0 Å². The number of hydrogen-bond acceptors (Lipinski definition) is 2. The van der Waals surface area contributed by atoms with Crippen LogP contribution in [-0.4, -0.2) is 15.5 Å². The first-order valence-electron chi connectivity index (χ1n) is 7.53. The molecule has 112 valence electrons. The second kappa shape index (κ2) is 6.43. The lowest BCUT2D eigenvalue weighted by Gasteiger charge is -2.15. The zero-order chi connectivity index (χ0) is 15.4. The van der Waals surface area contributed by atoms with E-state index >= 15 is 0 Å². The van der Waals surface area contributed by atoms with Gasteiger partial charge in [-0.1, -0.05) is 43.3 Å². The Kier molecular flexibility index (Phi) is 4.19. The molecule has 22 heavy (non-hydrogen) atoms. The zero-order valence-electron chi connectivity index (χ0n) is 12.6. The topological polar surface area (TPSA) is 46.4 Å². The van der Waals surface area contributed by atoms with Crippen molar-refractivity contribution in [3.63, 3.8) is 0 Å². The van der Waals surface area contributed by atoms with Crippen molar-refractivity contribution in [2.45, 2.75) is 25.8 Å². The van der Waals surface area contributed by atoms with Crippen LogP contribution in [-0.2, 0) is 11.3 Å². The molecule has 4 nitrogen and oxygen atoms in total. The second-order valence-electron chi connectivity index (χ2n) is 5.29. The van der Waals surface area contributed by atoms with Gasteiger partial charge in [-0.25, -0.2) is 4.52 Å². The van der Waals surface area contributed by atoms with Gasteiger partial charge in [0.2, 0.25) is 5.91 Å². The van der Waals surface area contributed by atoms with Gasteiger partial charge in [0.25, 0.3) is 0 Å². The van der Waals surface area contributed by atoms with E-state index in [1.807, 2.05) is 66.2 Å². The van der Waals surface area contributed by atoms with Crippen molar-refractivity contribution >= 4 is 11.4 Å². The first-order valence-corrected chi connectivity index (χ1v) is 7.53. The molecule has 0 aliphatic carbocycles. The summed E-state index contributed by atoms with van der Waals surface area (Å²) in [5.41, 5.74) is 3.11. The summed E-state index contributed by atoms with van der Waals surface area (Å²) in [6.07, 6.45) is 4.49. The second-order valence-corrected chi connectivity index (χ2v) is 5.29. The van der Waals surface area contributed by atoms with Crippen LogP contribution in [0.3, 0.4) is 0 Å². The highest BCUT2D eigenvalue weighted by Gasteiger charge is 2.18. The summed E-state index contributed by atoms with van der Waals surface area (Å²) in [5.74, 6) is -0.0491. The molecule has 1 atom stereocenters. The Bertz CT molecular complexity index is 764. The van der Waals surface area contributed by atoms with Gasteiger partial charge in [0.1, 0.15) is 0 Å². The molecule has 1 N–H and O–H groups in total. The van der Waals surface area contributed by atoms with Crippen molar-refractivity contribution in [1.82, 2.24) is 14.9 Å². The van der Waals surface area contributed by atoms with Crippen LogP contribution in [0.25, 0.3) is 5.52 Å². The Morgan fingerprint density at radius 1 is 1.18 bits per heavy atom. The molecule has 0 bridgehead atoms. The number of aromatic nitrogens is 2. The third-order valence-corrected chi connectivity index (χ3v) is 3.89. The Balaban J connectivity index is 1.71. The molecule has 0 saturated heterocycles. The summed E-state index contributed by atoms with van der Waals surface area (Å²) in [6.45, 7) is 2.53. The lowest BCUT2D eigenvalue weighted by Crippen LogP contribution is -2.28. The highest BCUT2D eigenvalue weighted by molar-refractivity contribution is 5.83. The summed E-state index contributed by atoms with van der Waals surface area (Å²) in [7, 11) is 0. The highest BCUT2D eigenvalue weighted by atomic mass is 16.1. The van der Waals surface area contributed by atoms with Crippen LogP contribution >= 0.6 is 0 Å². The summed E-state index contributed by atoms with van der Waals surface area (Å²) in [6, 6.07) is 15.8. The molecule has 0 unspecified atom stereocenters. The van der Waals surface area contributed by atoms with Crippen molar-refractivity contribution in [1.29, 1.82) is 0 Å². The largest absolute Gasteiger partial charge is 0.351 e. The van der Waals surface area contributed by atoms with Gasteiger partial charge in [-0.05, 0) is 24.1 Å². The summed E-state index contributed by atoms with van der Waals surface area (Å²) >= 11 is 0. The van der Waals surface area contributed by atoms with Crippen LogP contribution in [0.5, 0.6) is 0 Å². The molecule has 3 rings (SSSR count). The van der Waals surface area contributed by atoms with Gasteiger partial charge >= 0.3 is 0 Å². The number of carbonyl (C=O) groups is 1. The number of nitrogens with one attached hydrogen (secondary N) is 1. The Labute approximate surface area is 129 Å². The number of carbonyl (C=O) groups excluding carboxylic acids is 1. The number of benzene rings is 1. The number of pyridine rings is 1.